The molecule has 10 atom stereocenters. The summed E-state index contributed by atoms with van der Waals surface area (Å²) in [5.74, 6) is -19.4. The predicted molar refractivity (Wildman–Crippen MR) is 117 cm³/mol. The van der Waals surface area contributed by atoms with Crippen molar-refractivity contribution in [3.05, 3.63) is 0 Å². The maximum Gasteiger partial charge on any atom is 0.308 e. The quantitative estimate of drug-likeness (QED) is 0.235. The van der Waals surface area contributed by atoms with E-state index in [2.05, 4.69) is 0 Å². The zero-order valence-corrected chi connectivity index (χ0v) is 19.8. The highest BCUT2D eigenvalue weighted by Gasteiger charge is 2.55. The Labute approximate surface area is 201 Å². The molecule has 0 spiro atoms. The van der Waals surface area contributed by atoms with E-state index in [-0.39, 0.29) is 12.8 Å². The second-order valence-electron chi connectivity index (χ2n) is 8.80. The molecule has 0 heterocycles. The van der Waals surface area contributed by atoms with Gasteiger partial charge in [0.1, 0.15) is 0 Å². The maximum atomic E-state index is 11.8. The van der Waals surface area contributed by atoms with Crippen LogP contribution in [-0.4, -0.2) is 77.0 Å². The Hall–Kier alpha value is -2.48. The third-order valence-electron chi connectivity index (χ3n) is 7.00. The van der Waals surface area contributed by atoms with Crippen molar-refractivity contribution >= 4 is 57.4 Å². The minimum atomic E-state index is -1.62. The van der Waals surface area contributed by atoms with Gasteiger partial charge in [-0.15, -0.1) is 0 Å². The van der Waals surface area contributed by atoms with Crippen LogP contribution < -0.4 is 0 Å². The molecule has 2 saturated carbocycles. The average molecular weight is 523 g/mol. The first-order chi connectivity index (χ1) is 15.7. The fraction of sp³-hybridized carbons (Fsp3) is 0.700. The first-order valence-electron chi connectivity index (χ1n) is 10.4. The molecule has 0 aromatic rings. The minimum absolute atomic E-state index is 0.140. The molecule has 10 unspecified atom stereocenters. The van der Waals surface area contributed by atoms with Gasteiger partial charge in [-0.25, -0.2) is 0 Å². The van der Waals surface area contributed by atoms with E-state index in [1.807, 2.05) is 0 Å². The second-order valence-corrected chi connectivity index (χ2v) is 11.6. The van der Waals surface area contributed by atoms with Gasteiger partial charge in [0, 0.05) is 10.5 Å². The van der Waals surface area contributed by atoms with Crippen LogP contribution in [0.4, 0.5) is 0 Å². The monoisotopic (exact) mass is 522 g/mol. The van der Waals surface area contributed by atoms with Gasteiger partial charge in [-0.3, -0.25) is 28.8 Å². The first-order valence-corrected chi connectivity index (χ1v) is 12.7. The number of rotatable bonds is 9. The van der Waals surface area contributed by atoms with Gasteiger partial charge in [0.05, 0.1) is 35.5 Å². The molecule has 6 N–H and O–H groups in total. The van der Waals surface area contributed by atoms with Gasteiger partial charge in [0.2, 0.25) is 0 Å². The van der Waals surface area contributed by atoms with Gasteiger partial charge in [0.15, 0.2) is 0 Å². The highest BCUT2D eigenvalue weighted by Crippen LogP contribution is 2.52. The van der Waals surface area contributed by atoms with Crippen molar-refractivity contribution in [2.45, 2.75) is 37.2 Å². The fourth-order valence-electron chi connectivity index (χ4n) is 5.15. The second kappa shape index (κ2) is 10.8. The Bertz CT molecular complexity index is 806. The van der Waals surface area contributed by atoms with Crippen molar-refractivity contribution in [3.8, 4) is 0 Å². The van der Waals surface area contributed by atoms with E-state index < -0.39 is 93.7 Å². The van der Waals surface area contributed by atoms with E-state index in [1.165, 1.54) is 13.8 Å². The van der Waals surface area contributed by atoms with Crippen molar-refractivity contribution in [1.82, 2.24) is 0 Å². The first kappa shape index (κ1) is 27.8. The number of hydrogen-bond donors (Lipinski definition) is 6. The summed E-state index contributed by atoms with van der Waals surface area (Å²) in [5.41, 5.74) is 0. The Morgan fingerprint density at radius 3 is 0.971 bits per heavy atom. The van der Waals surface area contributed by atoms with Crippen LogP contribution in [0.5, 0.6) is 0 Å². The molecule has 14 heteroatoms. The highest BCUT2D eigenvalue weighted by atomic mass is 33.1. The van der Waals surface area contributed by atoms with E-state index in [4.69, 9.17) is 0 Å². The van der Waals surface area contributed by atoms with E-state index in [9.17, 15) is 59.4 Å². The van der Waals surface area contributed by atoms with Crippen molar-refractivity contribution in [1.29, 1.82) is 0 Å². The summed E-state index contributed by atoms with van der Waals surface area (Å²) in [4.78, 5) is 70.5. The zero-order chi connectivity index (χ0) is 26.1. The molecule has 2 aliphatic rings. The van der Waals surface area contributed by atoms with Crippen LogP contribution in [0.1, 0.15) is 26.7 Å². The standard InChI is InChI=1S/C20H26O12S2/c1-5-9(3-7(15(21)22)13(19(29)30)11(5)17(25)26)33-34-10-4-8(16(23)24)14(20(31)32)12(6(10)2)18(27)28/h5-14H,3-4H2,1-2H3,(H,21,22)(H,23,24)(H,25,26)(H,27,28)(H,29,30)(H,31,32). The number of carbonyl (C=O) groups is 6. The smallest absolute Gasteiger partial charge is 0.308 e. The molecule has 0 aliphatic heterocycles. The van der Waals surface area contributed by atoms with Gasteiger partial charge in [-0.2, -0.15) is 0 Å². The van der Waals surface area contributed by atoms with E-state index in [0.29, 0.717) is 0 Å². The van der Waals surface area contributed by atoms with Crippen LogP contribution >= 0.6 is 21.6 Å². The van der Waals surface area contributed by atoms with Gasteiger partial charge in [-0.1, -0.05) is 35.4 Å². The van der Waals surface area contributed by atoms with Crippen molar-refractivity contribution < 1.29 is 59.4 Å². The molecule has 0 amide bonds. The summed E-state index contributed by atoms with van der Waals surface area (Å²) in [6, 6.07) is 0. The van der Waals surface area contributed by atoms with Crippen LogP contribution in [0.25, 0.3) is 0 Å². The van der Waals surface area contributed by atoms with Gasteiger partial charge in [0.25, 0.3) is 0 Å². The summed E-state index contributed by atoms with van der Waals surface area (Å²) in [5, 5.41) is 56.0. The Morgan fingerprint density at radius 2 is 0.765 bits per heavy atom. The average Bonchev–Trinajstić information content (AvgIpc) is 2.71. The molecule has 0 bridgehead atoms. The topological polar surface area (TPSA) is 224 Å². The summed E-state index contributed by atoms with van der Waals surface area (Å²) in [7, 11) is 2.15. The van der Waals surface area contributed by atoms with E-state index >= 15 is 0 Å². The molecular weight excluding hydrogens is 496 g/mol. The molecule has 190 valence electrons. The number of aliphatic carboxylic acids is 6. The van der Waals surface area contributed by atoms with Crippen LogP contribution in [0, 0.1) is 47.3 Å². The molecule has 0 saturated heterocycles. The molecule has 12 nitrogen and oxygen atoms in total. The Morgan fingerprint density at radius 1 is 0.500 bits per heavy atom. The lowest BCUT2D eigenvalue weighted by Crippen LogP contribution is -2.50. The van der Waals surface area contributed by atoms with Crippen LogP contribution in [-0.2, 0) is 28.8 Å². The molecule has 2 fully saturated rings. The van der Waals surface area contributed by atoms with E-state index in [0.717, 1.165) is 21.6 Å². The number of hydrogen-bond acceptors (Lipinski definition) is 8. The van der Waals surface area contributed by atoms with Crippen molar-refractivity contribution in [2.75, 3.05) is 0 Å². The summed E-state index contributed by atoms with van der Waals surface area (Å²) >= 11 is 0. The number of carboxylic acids is 6. The lowest BCUT2D eigenvalue weighted by atomic mass is 9.66. The molecule has 2 aliphatic carbocycles. The lowest BCUT2D eigenvalue weighted by Gasteiger charge is -2.43. The largest absolute Gasteiger partial charge is 0.481 e. The molecule has 34 heavy (non-hydrogen) atoms. The van der Waals surface area contributed by atoms with Crippen LogP contribution in [0.15, 0.2) is 0 Å². The Kier molecular flexibility index (Phi) is 8.86. The zero-order valence-electron chi connectivity index (χ0n) is 18.1. The lowest BCUT2D eigenvalue weighted by molar-refractivity contribution is -0.167. The van der Waals surface area contributed by atoms with Gasteiger partial charge in [-0.05, 0) is 24.7 Å². The number of carboxylic acid groups (broad SMARTS) is 6. The SMILES string of the molecule is CC1C(SSC2CC(C(=O)O)C(C(=O)O)C(C(=O)O)C2C)CC(C(=O)O)C(C(=O)O)C1C(=O)O. The third kappa shape index (κ3) is 5.43. The van der Waals surface area contributed by atoms with Gasteiger partial charge < -0.3 is 30.6 Å². The summed E-state index contributed by atoms with van der Waals surface area (Å²) in [6.07, 6.45) is -0.281. The van der Waals surface area contributed by atoms with E-state index in [1.54, 1.807) is 0 Å². The van der Waals surface area contributed by atoms with Crippen LogP contribution in [0.2, 0.25) is 0 Å². The predicted octanol–water partition coefficient (Wildman–Crippen LogP) is 1.39. The minimum Gasteiger partial charge on any atom is -0.481 e. The normalized spacial score (nSPS) is 37.9. The molecule has 2 rings (SSSR count). The summed E-state index contributed by atoms with van der Waals surface area (Å²) < 4.78 is 0. The third-order valence-corrected chi connectivity index (χ3v) is 10.7. The van der Waals surface area contributed by atoms with Crippen LogP contribution in [0.3, 0.4) is 0 Å². The fourth-order valence-corrected chi connectivity index (χ4v) is 9.08. The Balaban J connectivity index is 2.29. The summed E-state index contributed by atoms with van der Waals surface area (Å²) in [6.45, 7) is 3.02. The van der Waals surface area contributed by atoms with Crippen molar-refractivity contribution in [3.63, 3.8) is 0 Å². The molecule has 0 aromatic heterocycles. The maximum absolute atomic E-state index is 11.8. The molecular formula is C20H26O12S2. The molecule has 0 aromatic carbocycles. The van der Waals surface area contributed by atoms with Crippen molar-refractivity contribution in [2.24, 2.45) is 47.3 Å². The van der Waals surface area contributed by atoms with Gasteiger partial charge >= 0.3 is 35.8 Å². The highest BCUT2D eigenvalue weighted by molar-refractivity contribution is 8.77. The molecule has 0 radical (unpaired) electrons.